The Morgan fingerprint density at radius 2 is 2.26 bits per heavy atom. The maximum atomic E-state index is 12.4. The molecule has 0 aliphatic rings. The zero-order valence-electron chi connectivity index (χ0n) is 10.5. The molecule has 0 atom stereocenters. The van der Waals surface area contributed by atoms with Gasteiger partial charge in [0.1, 0.15) is 0 Å². The highest BCUT2D eigenvalue weighted by molar-refractivity contribution is 9.10. The normalized spacial score (nSPS) is 10.0. The second-order valence-electron chi connectivity index (χ2n) is 3.82. The number of halogens is 2. The van der Waals surface area contributed by atoms with Gasteiger partial charge in [-0.05, 0) is 18.2 Å². The van der Waals surface area contributed by atoms with E-state index in [2.05, 4.69) is 15.9 Å². The molecule has 0 N–H and O–H groups in total. The van der Waals surface area contributed by atoms with E-state index in [1.807, 2.05) is 6.07 Å². The van der Waals surface area contributed by atoms with Crippen molar-refractivity contribution in [1.82, 2.24) is 4.90 Å². The van der Waals surface area contributed by atoms with Crippen molar-refractivity contribution < 1.29 is 9.53 Å². The number of methoxy groups -OCH3 is 1. The number of carbonyl (C=O) groups excluding carboxylic acids is 1. The summed E-state index contributed by atoms with van der Waals surface area (Å²) in [7, 11) is 1.57. The van der Waals surface area contributed by atoms with Gasteiger partial charge >= 0.3 is 0 Å². The van der Waals surface area contributed by atoms with Crippen molar-refractivity contribution in [3.8, 4) is 6.07 Å². The van der Waals surface area contributed by atoms with E-state index in [1.165, 1.54) is 0 Å². The Morgan fingerprint density at radius 1 is 1.53 bits per heavy atom. The van der Waals surface area contributed by atoms with Crippen molar-refractivity contribution in [2.45, 2.75) is 6.42 Å². The Bertz CT molecular complexity index is 488. The number of nitrogens with zero attached hydrogens (tertiary/aromatic N) is 2. The van der Waals surface area contributed by atoms with Gasteiger partial charge in [-0.2, -0.15) is 5.26 Å². The fourth-order valence-corrected chi connectivity index (χ4v) is 2.09. The first-order valence-corrected chi connectivity index (χ1v) is 6.87. The highest BCUT2D eigenvalue weighted by Gasteiger charge is 2.18. The summed E-state index contributed by atoms with van der Waals surface area (Å²) in [4.78, 5) is 14.0. The van der Waals surface area contributed by atoms with Crippen LogP contribution in [-0.2, 0) is 4.74 Å². The minimum atomic E-state index is -0.196. The first-order valence-electron chi connectivity index (χ1n) is 5.70. The standard InChI is InChI=1S/C13H14BrClN2O2/c1-19-8-7-17(6-2-5-16)13(18)11-9-10(14)3-4-12(11)15/h3-4,9H,2,6-8H2,1H3. The van der Waals surface area contributed by atoms with E-state index in [1.54, 1.807) is 30.2 Å². The van der Waals surface area contributed by atoms with Gasteiger partial charge in [-0.1, -0.05) is 27.5 Å². The molecule has 0 spiro atoms. The molecule has 0 unspecified atom stereocenters. The van der Waals surface area contributed by atoms with E-state index in [4.69, 9.17) is 21.6 Å². The predicted octanol–water partition coefficient (Wildman–Crippen LogP) is 3.10. The lowest BCUT2D eigenvalue weighted by Crippen LogP contribution is -2.34. The van der Waals surface area contributed by atoms with Gasteiger partial charge < -0.3 is 9.64 Å². The maximum Gasteiger partial charge on any atom is 0.255 e. The average Bonchev–Trinajstić information content (AvgIpc) is 2.41. The van der Waals surface area contributed by atoms with Crippen LogP contribution in [0.15, 0.2) is 22.7 Å². The maximum absolute atomic E-state index is 12.4. The quantitative estimate of drug-likeness (QED) is 0.796. The van der Waals surface area contributed by atoms with Crippen molar-refractivity contribution >= 4 is 33.4 Å². The molecule has 0 aliphatic heterocycles. The van der Waals surface area contributed by atoms with Crippen LogP contribution in [0.25, 0.3) is 0 Å². The van der Waals surface area contributed by atoms with Crippen LogP contribution in [0.3, 0.4) is 0 Å². The van der Waals surface area contributed by atoms with E-state index in [0.717, 1.165) is 4.47 Å². The molecule has 102 valence electrons. The number of amides is 1. The molecule has 0 saturated heterocycles. The van der Waals surface area contributed by atoms with Crippen LogP contribution in [0, 0.1) is 11.3 Å². The molecular formula is C13H14BrClN2O2. The van der Waals surface area contributed by atoms with Crippen LogP contribution >= 0.6 is 27.5 Å². The lowest BCUT2D eigenvalue weighted by atomic mass is 10.2. The molecule has 0 fully saturated rings. The Balaban J connectivity index is 2.91. The van der Waals surface area contributed by atoms with Gasteiger partial charge in [-0.3, -0.25) is 4.79 Å². The summed E-state index contributed by atoms with van der Waals surface area (Å²) in [5.41, 5.74) is 0.421. The summed E-state index contributed by atoms with van der Waals surface area (Å²) in [5, 5.41) is 9.03. The molecule has 1 aromatic rings. The predicted molar refractivity (Wildman–Crippen MR) is 77.2 cm³/mol. The SMILES string of the molecule is COCCN(CCC#N)C(=O)c1cc(Br)ccc1Cl. The fourth-order valence-electron chi connectivity index (χ4n) is 1.53. The van der Waals surface area contributed by atoms with Crippen molar-refractivity contribution in [3.63, 3.8) is 0 Å². The van der Waals surface area contributed by atoms with Crippen LogP contribution in [0.5, 0.6) is 0 Å². The van der Waals surface area contributed by atoms with E-state index in [-0.39, 0.29) is 12.3 Å². The number of hydrogen-bond acceptors (Lipinski definition) is 3. The lowest BCUT2D eigenvalue weighted by Gasteiger charge is -2.21. The number of ether oxygens (including phenoxy) is 1. The number of benzene rings is 1. The zero-order chi connectivity index (χ0) is 14.3. The second kappa shape index (κ2) is 8.16. The molecular weight excluding hydrogens is 332 g/mol. The Morgan fingerprint density at radius 3 is 2.89 bits per heavy atom. The molecule has 1 amide bonds. The van der Waals surface area contributed by atoms with Gasteiger partial charge in [0.05, 0.1) is 29.7 Å². The topological polar surface area (TPSA) is 53.3 Å². The highest BCUT2D eigenvalue weighted by Crippen LogP contribution is 2.22. The van der Waals surface area contributed by atoms with E-state index >= 15 is 0 Å². The first-order chi connectivity index (χ1) is 9.10. The van der Waals surface area contributed by atoms with Crippen LogP contribution < -0.4 is 0 Å². The molecule has 0 saturated carbocycles. The summed E-state index contributed by atoms with van der Waals surface area (Å²) in [5.74, 6) is -0.196. The first kappa shape index (κ1) is 16.0. The molecule has 0 radical (unpaired) electrons. The van der Waals surface area contributed by atoms with Crippen LogP contribution in [0.1, 0.15) is 16.8 Å². The summed E-state index contributed by atoms with van der Waals surface area (Å²) in [6, 6.07) is 7.14. The number of nitriles is 1. The van der Waals surface area contributed by atoms with Gasteiger partial charge in [0, 0.05) is 24.7 Å². The Labute approximate surface area is 126 Å². The Hall–Kier alpha value is -1.09. The summed E-state index contributed by atoms with van der Waals surface area (Å²) >= 11 is 9.35. The van der Waals surface area contributed by atoms with E-state index in [0.29, 0.717) is 30.3 Å². The molecule has 0 heterocycles. The molecule has 6 heteroatoms. The van der Waals surface area contributed by atoms with Crippen molar-refractivity contribution in [2.75, 3.05) is 26.8 Å². The Kier molecular flexibility index (Phi) is 6.85. The summed E-state index contributed by atoms with van der Waals surface area (Å²) < 4.78 is 5.76. The van der Waals surface area contributed by atoms with Crippen LogP contribution in [-0.4, -0.2) is 37.6 Å². The summed E-state index contributed by atoms with van der Waals surface area (Å²) in [6.07, 6.45) is 0.279. The number of carbonyl (C=O) groups is 1. The fraction of sp³-hybridized carbons (Fsp3) is 0.385. The lowest BCUT2D eigenvalue weighted by molar-refractivity contribution is 0.0700. The highest BCUT2D eigenvalue weighted by atomic mass is 79.9. The minimum absolute atomic E-state index is 0.196. The van der Waals surface area contributed by atoms with E-state index < -0.39 is 0 Å². The van der Waals surface area contributed by atoms with Gasteiger partial charge in [-0.25, -0.2) is 0 Å². The van der Waals surface area contributed by atoms with Crippen molar-refractivity contribution in [2.24, 2.45) is 0 Å². The van der Waals surface area contributed by atoms with Crippen LogP contribution in [0.4, 0.5) is 0 Å². The van der Waals surface area contributed by atoms with Crippen LogP contribution in [0.2, 0.25) is 5.02 Å². The number of rotatable bonds is 6. The summed E-state index contributed by atoms with van der Waals surface area (Å²) in [6.45, 7) is 1.21. The molecule has 19 heavy (non-hydrogen) atoms. The molecule has 0 aliphatic carbocycles. The smallest absolute Gasteiger partial charge is 0.255 e. The van der Waals surface area contributed by atoms with Gasteiger partial charge in [-0.15, -0.1) is 0 Å². The van der Waals surface area contributed by atoms with Gasteiger partial charge in [0.2, 0.25) is 0 Å². The molecule has 1 aromatic carbocycles. The molecule has 4 nitrogen and oxygen atoms in total. The molecule has 1 rings (SSSR count). The molecule has 0 bridgehead atoms. The number of hydrogen-bond donors (Lipinski definition) is 0. The van der Waals surface area contributed by atoms with Crippen molar-refractivity contribution in [1.29, 1.82) is 5.26 Å². The minimum Gasteiger partial charge on any atom is -0.383 e. The third kappa shape index (κ3) is 4.83. The van der Waals surface area contributed by atoms with Gasteiger partial charge in [0.25, 0.3) is 5.91 Å². The second-order valence-corrected chi connectivity index (χ2v) is 5.14. The average molecular weight is 346 g/mol. The third-order valence-corrected chi connectivity index (χ3v) is 3.33. The monoisotopic (exact) mass is 344 g/mol. The third-order valence-electron chi connectivity index (χ3n) is 2.50. The zero-order valence-corrected chi connectivity index (χ0v) is 12.9. The van der Waals surface area contributed by atoms with Crippen molar-refractivity contribution in [3.05, 3.63) is 33.3 Å². The van der Waals surface area contributed by atoms with E-state index in [9.17, 15) is 4.79 Å². The largest absolute Gasteiger partial charge is 0.383 e. The van der Waals surface area contributed by atoms with Gasteiger partial charge in [0.15, 0.2) is 0 Å². The molecule has 0 aromatic heterocycles.